The number of amides is 1. The van der Waals surface area contributed by atoms with Gasteiger partial charge in [0.25, 0.3) is 11.6 Å². The van der Waals surface area contributed by atoms with Gasteiger partial charge in [-0.25, -0.2) is 4.68 Å². The highest BCUT2D eigenvalue weighted by atomic mass is 16.6. The van der Waals surface area contributed by atoms with Gasteiger partial charge in [-0.2, -0.15) is 9.78 Å². The van der Waals surface area contributed by atoms with E-state index in [0.717, 1.165) is 11.1 Å². The number of aromatic nitrogens is 5. The first-order valence-corrected chi connectivity index (χ1v) is 10.1. The highest BCUT2D eigenvalue weighted by Gasteiger charge is 2.17. The van der Waals surface area contributed by atoms with E-state index in [4.69, 9.17) is 4.74 Å². The van der Waals surface area contributed by atoms with Crippen molar-refractivity contribution in [3.05, 3.63) is 92.0 Å². The SMILES string of the molecule is Cc1ccc(C)c(Oc2cc(NC(=O)c3ccn(Cn4cnc([N+](=O)[O-])n4)n3)cc([N+](=O)[O-])c2)c1. The van der Waals surface area contributed by atoms with Crippen LogP contribution in [0, 0.1) is 34.1 Å². The smallest absolute Gasteiger partial charge is 0.457 e. The fraction of sp³-hybridized carbons (Fsp3) is 0.143. The second-order valence-corrected chi connectivity index (χ2v) is 7.52. The first-order chi connectivity index (χ1) is 16.7. The Kier molecular flexibility index (Phi) is 6.17. The van der Waals surface area contributed by atoms with E-state index in [0.29, 0.717) is 5.75 Å². The molecule has 14 heteroatoms. The number of nitrogens with one attached hydrogen (secondary N) is 1. The second kappa shape index (κ2) is 9.38. The van der Waals surface area contributed by atoms with Gasteiger partial charge >= 0.3 is 5.95 Å². The molecule has 2 aromatic carbocycles. The number of nitrogens with zero attached hydrogens (tertiary/aromatic N) is 7. The molecule has 0 spiro atoms. The molecule has 0 aliphatic rings. The molecule has 2 aromatic heterocycles. The number of rotatable bonds is 8. The maximum atomic E-state index is 12.7. The van der Waals surface area contributed by atoms with Gasteiger partial charge in [-0.15, -0.1) is 0 Å². The Morgan fingerprint density at radius 3 is 2.54 bits per heavy atom. The van der Waals surface area contributed by atoms with E-state index in [1.54, 1.807) is 0 Å². The van der Waals surface area contributed by atoms with Crippen molar-refractivity contribution in [1.82, 2.24) is 24.5 Å². The molecule has 178 valence electrons. The molecule has 0 radical (unpaired) electrons. The number of carbonyl (C=O) groups is 1. The molecule has 14 nitrogen and oxygen atoms in total. The van der Waals surface area contributed by atoms with Crippen molar-refractivity contribution in [2.75, 3.05) is 5.32 Å². The molecule has 1 amide bonds. The average molecular weight is 478 g/mol. The van der Waals surface area contributed by atoms with Gasteiger partial charge in [0.1, 0.15) is 11.5 Å². The molecule has 4 aromatic rings. The fourth-order valence-electron chi connectivity index (χ4n) is 3.11. The molecule has 0 aliphatic carbocycles. The summed E-state index contributed by atoms with van der Waals surface area (Å²) in [4.78, 5) is 37.1. The molecule has 0 fully saturated rings. The zero-order chi connectivity index (χ0) is 25.1. The lowest BCUT2D eigenvalue weighted by Gasteiger charge is -2.11. The van der Waals surface area contributed by atoms with Crippen LogP contribution < -0.4 is 10.1 Å². The van der Waals surface area contributed by atoms with Crippen LogP contribution in [0.1, 0.15) is 21.6 Å². The first kappa shape index (κ1) is 23.0. The largest absolute Gasteiger partial charge is 0.491 e. The second-order valence-electron chi connectivity index (χ2n) is 7.52. The maximum Gasteiger partial charge on any atom is 0.491 e. The quantitative estimate of drug-likeness (QED) is 0.294. The summed E-state index contributed by atoms with van der Waals surface area (Å²) >= 11 is 0. The molecule has 0 saturated carbocycles. The van der Waals surface area contributed by atoms with Gasteiger partial charge in [0.15, 0.2) is 12.4 Å². The monoisotopic (exact) mass is 478 g/mol. The maximum absolute atomic E-state index is 12.7. The van der Waals surface area contributed by atoms with E-state index in [1.807, 2.05) is 32.0 Å². The summed E-state index contributed by atoms with van der Waals surface area (Å²) in [7, 11) is 0. The number of aryl methyl sites for hydroxylation is 2. The van der Waals surface area contributed by atoms with Gasteiger partial charge in [-0.3, -0.25) is 14.9 Å². The molecule has 2 heterocycles. The molecule has 0 atom stereocenters. The predicted molar refractivity (Wildman–Crippen MR) is 121 cm³/mol. The number of anilines is 1. The third-order valence-electron chi connectivity index (χ3n) is 4.78. The number of ether oxygens (including phenoxy) is 1. The van der Waals surface area contributed by atoms with Gasteiger partial charge in [0.05, 0.1) is 16.7 Å². The number of hydrogen-bond acceptors (Lipinski definition) is 9. The number of benzene rings is 2. The van der Waals surface area contributed by atoms with Crippen LogP contribution in [0.5, 0.6) is 11.5 Å². The fourth-order valence-corrected chi connectivity index (χ4v) is 3.11. The van der Waals surface area contributed by atoms with Gasteiger partial charge in [0.2, 0.25) is 6.33 Å². The Balaban J connectivity index is 1.52. The summed E-state index contributed by atoms with van der Waals surface area (Å²) in [5, 5.41) is 32.5. The third-order valence-corrected chi connectivity index (χ3v) is 4.78. The van der Waals surface area contributed by atoms with E-state index in [1.165, 1.54) is 46.2 Å². The average Bonchev–Trinajstić information content (AvgIpc) is 3.46. The number of hydrogen-bond donors (Lipinski definition) is 1. The molecular formula is C21H18N8O6. The highest BCUT2D eigenvalue weighted by Crippen LogP contribution is 2.32. The summed E-state index contributed by atoms with van der Waals surface area (Å²) < 4.78 is 8.37. The van der Waals surface area contributed by atoms with Gasteiger partial charge in [0, 0.05) is 23.4 Å². The van der Waals surface area contributed by atoms with Crippen LogP contribution in [0.2, 0.25) is 0 Å². The zero-order valence-corrected chi connectivity index (χ0v) is 18.5. The van der Waals surface area contributed by atoms with E-state index in [-0.39, 0.29) is 29.5 Å². The Bertz CT molecular complexity index is 1440. The number of carbonyl (C=O) groups excluding carboxylic acids is 1. The van der Waals surface area contributed by atoms with E-state index >= 15 is 0 Å². The van der Waals surface area contributed by atoms with Crippen LogP contribution >= 0.6 is 0 Å². The van der Waals surface area contributed by atoms with E-state index < -0.39 is 21.7 Å². The Hall–Kier alpha value is -5.14. The molecule has 0 saturated heterocycles. The lowest BCUT2D eigenvalue weighted by molar-refractivity contribution is -0.394. The van der Waals surface area contributed by atoms with Crippen LogP contribution in [0.3, 0.4) is 0 Å². The highest BCUT2D eigenvalue weighted by molar-refractivity contribution is 6.03. The number of non-ortho nitro benzene ring substituents is 1. The minimum atomic E-state index is -0.726. The summed E-state index contributed by atoms with van der Waals surface area (Å²) in [6, 6.07) is 11.0. The zero-order valence-electron chi connectivity index (χ0n) is 18.5. The van der Waals surface area contributed by atoms with Crippen LogP contribution in [-0.4, -0.2) is 40.3 Å². The molecule has 0 bridgehead atoms. The normalized spacial score (nSPS) is 10.7. The van der Waals surface area contributed by atoms with Crippen LogP contribution in [0.15, 0.2) is 55.0 Å². The number of nitro groups is 2. The lowest BCUT2D eigenvalue weighted by atomic mass is 10.1. The third kappa shape index (κ3) is 5.44. The van der Waals surface area contributed by atoms with Crippen molar-refractivity contribution in [2.45, 2.75) is 20.5 Å². The summed E-state index contributed by atoms with van der Waals surface area (Å²) in [6.07, 6.45) is 2.64. The predicted octanol–water partition coefficient (Wildman–Crippen LogP) is 3.46. The molecule has 4 rings (SSSR count). The first-order valence-electron chi connectivity index (χ1n) is 10.1. The van der Waals surface area contributed by atoms with Crippen molar-refractivity contribution in [2.24, 2.45) is 0 Å². The lowest BCUT2D eigenvalue weighted by Crippen LogP contribution is -2.15. The van der Waals surface area contributed by atoms with Crippen LogP contribution in [0.4, 0.5) is 17.3 Å². The van der Waals surface area contributed by atoms with Crippen LogP contribution in [0.25, 0.3) is 0 Å². The summed E-state index contributed by atoms with van der Waals surface area (Å²) in [5.74, 6) is -0.456. The van der Waals surface area contributed by atoms with Crippen molar-refractivity contribution >= 4 is 23.2 Å². The van der Waals surface area contributed by atoms with Gasteiger partial charge < -0.3 is 20.2 Å². The topological polar surface area (TPSA) is 173 Å². The standard InChI is InChI=1S/C21H18N8O6/c1-13-3-4-14(2)19(7-13)35-17-9-15(8-16(10-17)28(31)32)23-20(30)18-5-6-26(24-18)12-27-11-22-21(25-27)29(33)34/h3-11H,12H2,1-2H3,(H,23,30). The van der Waals surface area contributed by atoms with Crippen molar-refractivity contribution in [3.8, 4) is 11.5 Å². The molecule has 1 N–H and O–H groups in total. The molecule has 35 heavy (non-hydrogen) atoms. The van der Waals surface area contributed by atoms with Gasteiger partial charge in [-0.05, 0) is 42.0 Å². The van der Waals surface area contributed by atoms with Crippen molar-refractivity contribution in [1.29, 1.82) is 0 Å². The molecule has 0 unspecified atom stereocenters. The van der Waals surface area contributed by atoms with E-state index in [2.05, 4.69) is 20.5 Å². The molecular weight excluding hydrogens is 460 g/mol. The van der Waals surface area contributed by atoms with Crippen molar-refractivity contribution in [3.63, 3.8) is 0 Å². The number of nitro benzene ring substituents is 1. The van der Waals surface area contributed by atoms with Crippen molar-refractivity contribution < 1.29 is 19.4 Å². The Morgan fingerprint density at radius 2 is 1.83 bits per heavy atom. The van der Waals surface area contributed by atoms with Crippen LogP contribution in [-0.2, 0) is 6.67 Å². The molecule has 0 aliphatic heterocycles. The Morgan fingerprint density at radius 1 is 1.03 bits per heavy atom. The Labute approximate surface area is 197 Å². The minimum Gasteiger partial charge on any atom is -0.457 e. The summed E-state index contributed by atoms with van der Waals surface area (Å²) in [6.45, 7) is 3.73. The summed E-state index contributed by atoms with van der Waals surface area (Å²) in [5.41, 5.74) is 1.70. The van der Waals surface area contributed by atoms with E-state index in [9.17, 15) is 25.0 Å². The minimum absolute atomic E-state index is 0.0151. The van der Waals surface area contributed by atoms with Gasteiger partial charge in [-0.1, -0.05) is 17.1 Å².